The van der Waals surface area contributed by atoms with Gasteiger partial charge in [-0.2, -0.15) is 0 Å². The second kappa shape index (κ2) is 16.3. The second-order valence-electron chi connectivity index (χ2n) is 20.0. The van der Waals surface area contributed by atoms with Gasteiger partial charge in [-0.15, -0.1) is 0 Å². The van der Waals surface area contributed by atoms with E-state index < -0.39 is 5.41 Å². The summed E-state index contributed by atoms with van der Waals surface area (Å²) < 4.78 is 2.41. The van der Waals surface area contributed by atoms with Crippen LogP contribution in [-0.4, -0.2) is 4.57 Å². The molecule has 14 rings (SSSR count). The lowest BCUT2D eigenvalue weighted by Gasteiger charge is -2.34. The minimum absolute atomic E-state index is 0.0469. The lowest BCUT2D eigenvalue weighted by Crippen LogP contribution is -2.28. The van der Waals surface area contributed by atoms with Gasteiger partial charge in [0.05, 0.1) is 16.4 Å². The summed E-state index contributed by atoms with van der Waals surface area (Å²) >= 11 is 0. The Hall–Kier alpha value is -8.98. The molecular formula is C70H50N2. The van der Waals surface area contributed by atoms with Gasteiger partial charge in [0.1, 0.15) is 0 Å². The van der Waals surface area contributed by atoms with Crippen LogP contribution in [0.15, 0.2) is 267 Å². The van der Waals surface area contributed by atoms with Crippen LogP contribution < -0.4 is 4.90 Å². The molecule has 0 saturated carbocycles. The fourth-order valence-corrected chi connectivity index (χ4v) is 12.5. The Bertz CT molecular complexity index is 3990. The fraction of sp³-hybridized carbons (Fsp3) is 0.0571. The SMILES string of the molecule is CC1(C)c2ccccc2-c2cc(N(c3ccccc3)c3ccc(-c4ccc5c(c4)c4cc(-c6ccc(C7(c8ccccc8)c8ccccc8-c8ccccc87)cc6)ccc4n5-c4ccccc4)cc3)ccc21. The lowest BCUT2D eigenvalue weighted by atomic mass is 9.67. The standard InChI is InChI=1S/C70H50N2/c1-69(2)63-27-15-12-26-59(63)60-46-56(40-41-64(60)69)71(53-20-8-4-9-21-53)55-38-32-48(33-39-55)50-35-43-68-62(45-50)61-44-49(34-42-67(61)72(68)54-22-10-5-11-23-54)47-30-36-52(37-31-47)70(51-18-6-3-7-19-51)65-28-16-13-24-57(65)58-25-14-17-29-66(58)70/h3-46H,1-2H3. The Labute approximate surface area is 421 Å². The summed E-state index contributed by atoms with van der Waals surface area (Å²) in [6.45, 7) is 4.69. The average Bonchev–Trinajstić information content (AvgIpc) is 4.02. The molecule has 0 bridgehead atoms. The summed E-state index contributed by atoms with van der Waals surface area (Å²) in [7, 11) is 0. The van der Waals surface area contributed by atoms with E-state index in [9.17, 15) is 0 Å². The van der Waals surface area contributed by atoms with Gasteiger partial charge in [0.25, 0.3) is 0 Å². The smallest absolute Gasteiger partial charge is 0.0713 e. The first-order valence-electron chi connectivity index (χ1n) is 25.2. The van der Waals surface area contributed by atoms with E-state index in [2.05, 4.69) is 290 Å². The number of fused-ring (bicyclic) bond motifs is 9. The topological polar surface area (TPSA) is 8.17 Å². The first-order chi connectivity index (χ1) is 35.5. The molecule has 0 spiro atoms. The van der Waals surface area contributed by atoms with Crippen molar-refractivity contribution in [3.63, 3.8) is 0 Å². The maximum Gasteiger partial charge on any atom is 0.0713 e. The Morgan fingerprint density at radius 2 is 0.722 bits per heavy atom. The van der Waals surface area contributed by atoms with Crippen molar-refractivity contribution in [2.75, 3.05) is 4.90 Å². The van der Waals surface area contributed by atoms with Crippen molar-refractivity contribution in [3.05, 3.63) is 300 Å². The lowest BCUT2D eigenvalue weighted by molar-refractivity contribution is 0.660. The highest BCUT2D eigenvalue weighted by Gasteiger charge is 2.45. The van der Waals surface area contributed by atoms with E-state index in [-0.39, 0.29) is 5.41 Å². The predicted octanol–water partition coefficient (Wildman–Crippen LogP) is 18.3. The minimum atomic E-state index is -0.430. The Kier molecular flexibility index (Phi) is 9.50. The highest BCUT2D eigenvalue weighted by atomic mass is 15.1. The predicted molar refractivity (Wildman–Crippen MR) is 301 cm³/mol. The monoisotopic (exact) mass is 918 g/mol. The highest BCUT2D eigenvalue weighted by molar-refractivity contribution is 6.11. The summed E-state index contributed by atoms with van der Waals surface area (Å²) in [5, 5.41) is 2.45. The molecule has 340 valence electrons. The number of hydrogen-bond acceptors (Lipinski definition) is 1. The highest BCUT2D eigenvalue weighted by Crippen LogP contribution is 2.56. The molecule has 0 radical (unpaired) electrons. The van der Waals surface area contributed by atoms with Crippen molar-refractivity contribution in [1.82, 2.24) is 4.57 Å². The molecular weight excluding hydrogens is 869 g/mol. The molecule has 2 aliphatic carbocycles. The van der Waals surface area contributed by atoms with Crippen molar-refractivity contribution < 1.29 is 0 Å². The largest absolute Gasteiger partial charge is 0.310 e. The van der Waals surface area contributed by atoms with E-state index in [1.165, 1.54) is 99.7 Å². The molecule has 0 fully saturated rings. The zero-order chi connectivity index (χ0) is 48.0. The van der Waals surface area contributed by atoms with E-state index in [1.54, 1.807) is 0 Å². The number of hydrogen-bond donors (Lipinski definition) is 0. The summed E-state index contributed by atoms with van der Waals surface area (Å²) in [6.07, 6.45) is 0. The van der Waals surface area contributed by atoms with Crippen LogP contribution >= 0.6 is 0 Å². The molecule has 2 nitrogen and oxygen atoms in total. The summed E-state index contributed by atoms with van der Waals surface area (Å²) in [5.41, 5.74) is 24.4. The quantitative estimate of drug-likeness (QED) is 0.147. The van der Waals surface area contributed by atoms with Gasteiger partial charge in [0.15, 0.2) is 0 Å². The van der Waals surface area contributed by atoms with Crippen LogP contribution in [0.1, 0.15) is 47.2 Å². The maximum absolute atomic E-state index is 2.41. The Morgan fingerprint density at radius 1 is 0.306 bits per heavy atom. The second-order valence-corrected chi connectivity index (χ2v) is 20.0. The Balaban J connectivity index is 0.862. The maximum atomic E-state index is 2.41. The van der Waals surface area contributed by atoms with Crippen molar-refractivity contribution in [2.24, 2.45) is 0 Å². The van der Waals surface area contributed by atoms with Crippen molar-refractivity contribution in [2.45, 2.75) is 24.7 Å². The van der Waals surface area contributed by atoms with E-state index in [0.717, 1.165) is 22.7 Å². The molecule has 2 aliphatic rings. The van der Waals surface area contributed by atoms with Gasteiger partial charge in [0.2, 0.25) is 0 Å². The number of anilines is 3. The van der Waals surface area contributed by atoms with E-state index in [1.807, 2.05) is 0 Å². The van der Waals surface area contributed by atoms with Crippen LogP contribution in [0, 0.1) is 0 Å². The van der Waals surface area contributed by atoms with Crippen LogP contribution in [0.3, 0.4) is 0 Å². The number of benzene rings is 11. The van der Waals surface area contributed by atoms with Crippen LogP contribution in [0.2, 0.25) is 0 Å². The molecule has 72 heavy (non-hydrogen) atoms. The van der Waals surface area contributed by atoms with E-state index in [4.69, 9.17) is 0 Å². The van der Waals surface area contributed by atoms with Crippen LogP contribution in [0.5, 0.6) is 0 Å². The van der Waals surface area contributed by atoms with Gasteiger partial charge in [-0.1, -0.05) is 208 Å². The van der Waals surface area contributed by atoms with Gasteiger partial charge in [-0.25, -0.2) is 0 Å². The Morgan fingerprint density at radius 3 is 1.31 bits per heavy atom. The van der Waals surface area contributed by atoms with Crippen LogP contribution in [-0.2, 0) is 10.8 Å². The van der Waals surface area contributed by atoms with Crippen LogP contribution in [0.25, 0.3) is 72.0 Å². The fourth-order valence-electron chi connectivity index (χ4n) is 12.5. The van der Waals surface area contributed by atoms with Gasteiger partial charge < -0.3 is 9.47 Å². The molecule has 2 heteroatoms. The molecule has 0 saturated heterocycles. The van der Waals surface area contributed by atoms with Gasteiger partial charge >= 0.3 is 0 Å². The molecule has 12 aromatic rings. The number of aromatic nitrogens is 1. The molecule has 0 N–H and O–H groups in total. The average molecular weight is 919 g/mol. The molecule has 0 aliphatic heterocycles. The third kappa shape index (κ3) is 6.28. The van der Waals surface area contributed by atoms with Crippen LogP contribution in [0.4, 0.5) is 17.1 Å². The zero-order valence-corrected chi connectivity index (χ0v) is 40.3. The van der Waals surface area contributed by atoms with Crippen molar-refractivity contribution in [1.29, 1.82) is 0 Å². The van der Waals surface area contributed by atoms with E-state index in [0.29, 0.717) is 0 Å². The van der Waals surface area contributed by atoms with Gasteiger partial charge in [0, 0.05) is 38.9 Å². The summed E-state index contributed by atoms with van der Waals surface area (Å²) in [4.78, 5) is 2.38. The third-order valence-corrected chi connectivity index (χ3v) is 15.9. The van der Waals surface area contributed by atoms with E-state index >= 15 is 0 Å². The summed E-state index contributed by atoms with van der Waals surface area (Å²) in [6, 6.07) is 98.9. The number of para-hydroxylation sites is 2. The number of rotatable bonds is 8. The first-order valence-corrected chi connectivity index (χ1v) is 25.2. The zero-order valence-electron chi connectivity index (χ0n) is 40.3. The third-order valence-electron chi connectivity index (χ3n) is 15.9. The molecule has 0 atom stereocenters. The van der Waals surface area contributed by atoms with Gasteiger partial charge in [-0.3, -0.25) is 0 Å². The molecule has 1 aromatic heterocycles. The van der Waals surface area contributed by atoms with Crippen molar-refractivity contribution in [3.8, 4) is 50.2 Å². The summed E-state index contributed by atoms with van der Waals surface area (Å²) in [5.74, 6) is 0. The van der Waals surface area contributed by atoms with Gasteiger partial charge in [-0.05, 0) is 151 Å². The molecule has 0 amide bonds. The molecule has 1 heterocycles. The normalized spacial score (nSPS) is 13.6. The minimum Gasteiger partial charge on any atom is -0.310 e. The first kappa shape index (κ1) is 41.9. The number of nitrogens with zero attached hydrogens (tertiary/aromatic N) is 2. The molecule has 0 unspecified atom stereocenters. The molecule has 11 aromatic carbocycles. The van der Waals surface area contributed by atoms with Crippen molar-refractivity contribution >= 4 is 38.9 Å².